The van der Waals surface area contributed by atoms with Crippen LogP contribution >= 0.6 is 0 Å². The summed E-state index contributed by atoms with van der Waals surface area (Å²) in [5.41, 5.74) is 0. The average molecular weight is 290 g/mol. The highest BCUT2D eigenvalue weighted by molar-refractivity contribution is 4.60. The van der Waals surface area contributed by atoms with E-state index in [1.807, 2.05) is 20.8 Å². The van der Waals surface area contributed by atoms with Crippen molar-refractivity contribution in [3.05, 3.63) is 0 Å². The van der Waals surface area contributed by atoms with Gasteiger partial charge in [0.2, 0.25) is 0 Å². The van der Waals surface area contributed by atoms with Gasteiger partial charge in [0.1, 0.15) is 0 Å². The fraction of sp³-hybridized carbons (Fsp3) is 1.00. The van der Waals surface area contributed by atoms with E-state index in [-0.39, 0.29) is 0 Å². The Balaban J connectivity index is 3.56. The first-order chi connectivity index (χ1) is 9.85. The molecule has 0 aliphatic carbocycles. The molecule has 0 aliphatic rings. The van der Waals surface area contributed by atoms with Crippen LogP contribution in [-0.4, -0.2) is 77.3 Å². The van der Waals surface area contributed by atoms with Crippen LogP contribution in [0, 0.1) is 0 Å². The van der Waals surface area contributed by atoms with Crippen LogP contribution in [-0.2, 0) is 14.2 Å². The van der Waals surface area contributed by atoms with Crippen molar-refractivity contribution < 1.29 is 14.2 Å². The van der Waals surface area contributed by atoms with Gasteiger partial charge in [-0.2, -0.15) is 0 Å². The van der Waals surface area contributed by atoms with Crippen molar-refractivity contribution in [2.75, 3.05) is 72.4 Å². The van der Waals surface area contributed by atoms with E-state index >= 15 is 0 Å². The SMILES string of the molecule is CCOCCCNCCN(CCOCC)CCOCC. The molecule has 0 bridgehead atoms. The maximum Gasteiger partial charge on any atom is 0.0593 e. The fourth-order valence-electron chi connectivity index (χ4n) is 1.82. The standard InChI is InChI=1S/C15H34N2O3/c1-4-18-13-7-8-16-9-10-17(11-14-19-5-2)12-15-20-6-3/h16H,4-15H2,1-3H3. The Bertz CT molecular complexity index is 173. The molecule has 0 saturated carbocycles. The highest BCUT2D eigenvalue weighted by Crippen LogP contribution is 1.90. The van der Waals surface area contributed by atoms with Gasteiger partial charge in [-0.25, -0.2) is 0 Å². The lowest BCUT2D eigenvalue weighted by molar-refractivity contribution is 0.0831. The number of rotatable bonds is 16. The van der Waals surface area contributed by atoms with Gasteiger partial charge in [-0.3, -0.25) is 4.90 Å². The highest BCUT2D eigenvalue weighted by Gasteiger charge is 2.04. The maximum atomic E-state index is 5.42. The van der Waals surface area contributed by atoms with Crippen molar-refractivity contribution in [1.29, 1.82) is 0 Å². The Labute approximate surface area is 124 Å². The zero-order chi connectivity index (χ0) is 14.9. The van der Waals surface area contributed by atoms with E-state index in [4.69, 9.17) is 14.2 Å². The number of ether oxygens (including phenoxy) is 3. The van der Waals surface area contributed by atoms with E-state index in [1.165, 1.54) is 0 Å². The maximum absolute atomic E-state index is 5.42. The first kappa shape index (κ1) is 19.8. The number of hydrogen-bond donors (Lipinski definition) is 1. The van der Waals surface area contributed by atoms with E-state index in [2.05, 4.69) is 10.2 Å². The Kier molecular flexibility index (Phi) is 16.7. The summed E-state index contributed by atoms with van der Waals surface area (Å²) in [6.07, 6.45) is 1.08. The summed E-state index contributed by atoms with van der Waals surface area (Å²) in [4.78, 5) is 2.39. The Morgan fingerprint density at radius 2 is 1.25 bits per heavy atom. The Morgan fingerprint density at radius 3 is 1.80 bits per heavy atom. The van der Waals surface area contributed by atoms with Crippen molar-refractivity contribution in [3.8, 4) is 0 Å². The molecule has 0 heterocycles. The number of nitrogens with one attached hydrogen (secondary N) is 1. The number of nitrogens with zero attached hydrogens (tertiary/aromatic N) is 1. The monoisotopic (exact) mass is 290 g/mol. The summed E-state index contributed by atoms with van der Waals surface area (Å²) in [6, 6.07) is 0. The molecule has 0 saturated heterocycles. The minimum Gasteiger partial charge on any atom is -0.382 e. The Hall–Kier alpha value is -0.200. The predicted octanol–water partition coefficient (Wildman–Crippen LogP) is 1.38. The second kappa shape index (κ2) is 16.9. The van der Waals surface area contributed by atoms with Crippen molar-refractivity contribution in [3.63, 3.8) is 0 Å². The molecule has 0 radical (unpaired) electrons. The second-order valence-corrected chi connectivity index (χ2v) is 4.54. The van der Waals surface area contributed by atoms with Gasteiger partial charge in [-0.15, -0.1) is 0 Å². The van der Waals surface area contributed by atoms with Gasteiger partial charge in [0.25, 0.3) is 0 Å². The van der Waals surface area contributed by atoms with Gasteiger partial charge in [0.15, 0.2) is 0 Å². The summed E-state index contributed by atoms with van der Waals surface area (Å²) in [7, 11) is 0. The van der Waals surface area contributed by atoms with Gasteiger partial charge in [0, 0.05) is 52.6 Å². The molecule has 122 valence electrons. The van der Waals surface area contributed by atoms with Crippen molar-refractivity contribution in [1.82, 2.24) is 10.2 Å². The van der Waals surface area contributed by atoms with E-state index in [1.54, 1.807) is 0 Å². The average Bonchev–Trinajstić information content (AvgIpc) is 2.46. The third-order valence-corrected chi connectivity index (χ3v) is 2.96. The van der Waals surface area contributed by atoms with Gasteiger partial charge in [-0.05, 0) is 33.7 Å². The van der Waals surface area contributed by atoms with E-state index in [0.717, 1.165) is 78.8 Å². The summed E-state index contributed by atoms with van der Waals surface area (Å²) in [6.45, 7) is 15.9. The van der Waals surface area contributed by atoms with Crippen molar-refractivity contribution >= 4 is 0 Å². The summed E-state index contributed by atoms with van der Waals surface area (Å²) in [5.74, 6) is 0. The van der Waals surface area contributed by atoms with Gasteiger partial charge >= 0.3 is 0 Å². The lowest BCUT2D eigenvalue weighted by Crippen LogP contribution is -2.37. The molecule has 0 aromatic heterocycles. The molecular weight excluding hydrogens is 256 g/mol. The molecule has 20 heavy (non-hydrogen) atoms. The smallest absolute Gasteiger partial charge is 0.0593 e. The fourth-order valence-corrected chi connectivity index (χ4v) is 1.82. The van der Waals surface area contributed by atoms with Gasteiger partial charge in [-0.1, -0.05) is 0 Å². The zero-order valence-electron chi connectivity index (χ0n) is 13.7. The van der Waals surface area contributed by atoms with Crippen molar-refractivity contribution in [2.24, 2.45) is 0 Å². The predicted molar refractivity (Wildman–Crippen MR) is 83.4 cm³/mol. The molecule has 0 aliphatic heterocycles. The van der Waals surface area contributed by atoms with E-state index < -0.39 is 0 Å². The van der Waals surface area contributed by atoms with Crippen LogP contribution < -0.4 is 5.32 Å². The minimum absolute atomic E-state index is 0.787. The Morgan fingerprint density at radius 1 is 0.700 bits per heavy atom. The minimum atomic E-state index is 0.787. The summed E-state index contributed by atoms with van der Waals surface area (Å²) >= 11 is 0. The van der Waals surface area contributed by atoms with Crippen LogP contribution in [0.3, 0.4) is 0 Å². The molecule has 0 aromatic rings. The molecule has 0 spiro atoms. The first-order valence-corrected chi connectivity index (χ1v) is 8.01. The molecule has 0 aromatic carbocycles. The van der Waals surface area contributed by atoms with E-state index in [0.29, 0.717) is 0 Å². The molecule has 5 heteroatoms. The van der Waals surface area contributed by atoms with Crippen LogP contribution in [0.5, 0.6) is 0 Å². The van der Waals surface area contributed by atoms with Crippen LogP contribution in [0.1, 0.15) is 27.2 Å². The third-order valence-electron chi connectivity index (χ3n) is 2.96. The lowest BCUT2D eigenvalue weighted by atomic mass is 10.4. The largest absolute Gasteiger partial charge is 0.382 e. The topological polar surface area (TPSA) is 43.0 Å². The van der Waals surface area contributed by atoms with Gasteiger partial charge in [0.05, 0.1) is 13.2 Å². The lowest BCUT2D eigenvalue weighted by Gasteiger charge is -2.22. The quantitative estimate of drug-likeness (QED) is 0.435. The summed E-state index contributed by atoms with van der Waals surface area (Å²) in [5, 5.41) is 3.45. The highest BCUT2D eigenvalue weighted by atomic mass is 16.5. The summed E-state index contributed by atoms with van der Waals surface area (Å²) < 4.78 is 16.2. The molecule has 0 atom stereocenters. The van der Waals surface area contributed by atoms with Crippen LogP contribution in [0.25, 0.3) is 0 Å². The molecule has 0 fully saturated rings. The molecule has 0 unspecified atom stereocenters. The van der Waals surface area contributed by atoms with Crippen LogP contribution in [0.2, 0.25) is 0 Å². The van der Waals surface area contributed by atoms with E-state index in [9.17, 15) is 0 Å². The first-order valence-electron chi connectivity index (χ1n) is 8.01. The molecular formula is C15H34N2O3. The normalized spacial score (nSPS) is 11.4. The van der Waals surface area contributed by atoms with Gasteiger partial charge < -0.3 is 19.5 Å². The van der Waals surface area contributed by atoms with Crippen molar-refractivity contribution in [2.45, 2.75) is 27.2 Å². The molecule has 5 nitrogen and oxygen atoms in total. The van der Waals surface area contributed by atoms with Crippen LogP contribution in [0.4, 0.5) is 0 Å². The number of hydrogen-bond acceptors (Lipinski definition) is 5. The zero-order valence-corrected chi connectivity index (χ0v) is 13.7. The van der Waals surface area contributed by atoms with Crippen LogP contribution in [0.15, 0.2) is 0 Å². The molecule has 1 N–H and O–H groups in total. The molecule has 0 rings (SSSR count). The third kappa shape index (κ3) is 14.2. The second-order valence-electron chi connectivity index (χ2n) is 4.54. The molecule has 0 amide bonds.